The van der Waals surface area contributed by atoms with E-state index in [0.29, 0.717) is 22.6 Å². The Kier molecular flexibility index (Phi) is 7.70. The molecule has 0 aliphatic carbocycles. The molecule has 0 spiro atoms. The summed E-state index contributed by atoms with van der Waals surface area (Å²) in [6.07, 6.45) is 5.57. The molecule has 10 nitrogen and oxygen atoms in total. The molecule has 0 unspecified atom stereocenters. The van der Waals surface area contributed by atoms with Gasteiger partial charge < -0.3 is 39.4 Å². The van der Waals surface area contributed by atoms with Crippen LogP contribution >= 0.6 is 0 Å². The minimum atomic E-state index is -0.255. The molecule has 2 aromatic carbocycles. The highest BCUT2D eigenvalue weighted by Crippen LogP contribution is 2.38. The van der Waals surface area contributed by atoms with Crippen molar-refractivity contribution in [3.8, 4) is 11.5 Å². The van der Waals surface area contributed by atoms with Gasteiger partial charge in [0.15, 0.2) is 0 Å². The fraction of sp³-hybridized carbons (Fsp3) is 0.548. The normalized spacial score (nSPS) is 24.9. The van der Waals surface area contributed by atoms with Crippen molar-refractivity contribution in [2.45, 2.75) is 69.5 Å². The van der Waals surface area contributed by atoms with Crippen molar-refractivity contribution in [1.82, 2.24) is 9.80 Å². The molecule has 220 valence electrons. The number of anilines is 2. The molecule has 2 aromatic rings. The highest BCUT2D eigenvalue weighted by Gasteiger charge is 2.41. The summed E-state index contributed by atoms with van der Waals surface area (Å²) >= 11 is 0. The van der Waals surface area contributed by atoms with E-state index in [2.05, 4.69) is 10.6 Å². The minimum Gasteiger partial charge on any atom is -0.496 e. The van der Waals surface area contributed by atoms with Crippen molar-refractivity contribution >= 4 is 23.2 Å². The van der Waals surface area contributed by atoms with Crippen LogP contribution in [0.1, 0.15) is 63.9 Å². The zero-order chi connectivity index (χ0) is 28.7. The summed E-state index contributed by atoms with van der Waals surface area (Å²) in [7, 11) is 6.66. The van der Waals surface area contributed by atoms with Crippen molar-refractivity contribution < 1.29 is 28.5 Å². The number of carbonyl (C=O) groups excluding carboxylic acids is 2. The maximum absolute atomic E-state index is 13.4. The van der Waals surface area contributed by atoms with Gasteiger partial charge in [0, 0.05) is 38.7 Å². The topological polar surface area (TPSA) is 102 Å². The van der Waals surface area contributed by atoms with Crippen LogP contribution in [0, 0.1) is 0 Å². The predicted molar refractivity (Wildman–Crippen MR) is 155 cm³/mol. The predicted octanol–water partition coefficient (Wildman–Crippen LogP) is 3.88. The number of fused-ring (bicyclic) bond motifs is 4. The van der Waals surface area contributed by atoms with Crippen LogP contribution in [0.25, 0.3) is 0 Å². The van der Waals surface area contributed by atoms with E-state index in [1.165, 1.54) is 0 Å². The van der Waals surface area contributed by atoms with Gasteiger partial charge in [0.25, 0.3) is 11.8 Å². The minimum absolute atomic E-state index is 0.0181. The van der Waals surface area contributed by atoms with E-state index in [1.54, 1.807) is 28.4 Å². The third kappa shape index (κ3) is 4.86. The Hall–Kier alpha value is -3.50. The highest BCUT2D eigenvalue weighted by molar-refractivity contribution is 6.02. The molecular weight excluding hydrogens is 524 g/mol. The van der Waals surface area contributed by atoms with Crippen molar-refractivity contribution in [2.75, 3.05) is 52.2 Å². The zero-order valence-corrected chi connectivity index (χ0v) is 24.3. The molecule has 2 N–H and O–H groups in total. The van der Waals surface area contributed by atoms with Gasteiger partial charge in [0.05, 0.1) is 37.4 Å². The van der Waals surface area contributed by atoms with Gasteiger partial charge in [-0.15, -0.1) is 0 Å². The Bertz CT molecular complexity index is 1230. The largest absolute Gasteiger partial charge is 0.496 e. The van der Waals surface area contributed by atoms with E-state index in [-0.39, 0.29) is 36.4 Å². The maximum Gasteiger partial charge on any atom is 0.256 e. The van der Waals surface area contributed by atoms with Gasteiger partial charge >= 0.3 is 0 Å². The fourth-order valence-electron chi connectivity index (χ4n) is 7.04. The van der Waals surface area contributed by atoms with Crippen LogP contribution in [0.4, 0.5) is 11.4 Å². The average molecular weight is 565 g/mol. The molecule has 4 heterocycles. The molecule has 6 rings (SSSR count). The standard InChI is InChI=1S/C31H40N4O6/c1-38-26-16-20-22(32-28(40-3)24-10-6-12-34(24)30(20)36)14-18(26)8-5-9-19-15-23-21(17-27(19)39-2)31(37)35-13-7-11-25(35)29(33-23)41-4/h14-17,24-25,28-29,32-33H,5-13H2,1-4H3/t24-,25-,28-,29+/m0/s1. The molecule has 2 saturated heterocycles. The van der Waals surface area contributed by atoms with Crippen molar-refractivity contribution in [2.24, 2.45) is 0 Å². The molecule has 0 saturated carbocycles. The van der Waals surface area contributed by atoms with E-state index >= 15 is 0 Å². The first-order valence-electron chi connectivity index (χ1n) is 14.6. The number of carbonyl (C=O) groups is 2. The lowest BCUT2D eigenvalue weighted by Gasteiger charge is -2.28. The van der Waals surface area contributed by atoms with Gasteiger partial charge in [0.2, 0.25) is 0 Å². The summed E-state index contributed by atoms with van der Waals surface area (Å²) in [5, 5.41) is 6.97. The number of hydrogen-bond acceptors (Lipinski definition) is 8. The summed E-state index contributed by atoms with van der Waals surface area (Å²) in [4.78, 5) is 30.7. The lowest BCUT2D eigenvalue weighted by Crippen LogP contribution is -2.44. The van der Waals surface area contributed by atoms with E-state index in [1.807, 2.05) is 34.1 Å². The van der Waals surface area contributed by atoms with Crippen molar-refractivity contribution in [3.63, 3.8) is 0 Å². The van der Waals surface area contributed by atoms with Crippen LogP contribution < -0.4 is 20.1 Å². The molecule has 41 heavy (non-hydrogen) atoms. The first-order valence-corrected chi connectivity index (χ1v) is 14.6. The Morgan fingerprint density at radius 1 is 0.707 bits per heavy atom. The van der Waals surface area contributed by atoms with Gasteiger partial charge in [-0.25, -0.2) is 0 Å². The summed E-state index contributed by atoms with van der Waals surface area (Å²) in [6, 6.07) is 7.83. The molecule has 0 aromatic heterocycles. The molecule has 0 bridgehead atoms. The second-order valence-corrected chi connectivity index (χ2v) is 11.3. The van der Waals surface area contributed by atoms with Crippen LogP contribution in [0.5, 0.6) is 11.5 Å². The Balaban J connectivity index is 1.24. The number of methoxy groups -OCH3 is 4. The molecule has 4 aliphatic heterocycles. The number of ether oxygens (including phenoxy) is 4. The summed E-state index contributed by atoms with van der Waals surface area (Å²) in [6.45, 7) is 1.48. The first kappa shape index (κ1) is 27.7. The summed E-state index contributed by atoms with van der Waals surface area (Å²) in [5.74, 6) is 1.45. The molecule has 4 atom stereocenters. The second-order valence-electron chi connectivity index (χ2n) is 11.3. The molecule has 0 radical (unpaired) electrons. The Morgan fingerprint density at radius 3 is 1.54 bits per heavy atom. The number of hydrogen-bond donors (Lipinski definition) is 2. The van der Waals surface area contributed by atoms with E-state index in [0.717, 1.165) is 80.5 Å². The number of amides is 2. The summed E-state index contributed by atoms with van der Waals surface area (Å²) in [5.41, 5.74) is 4.84. The fourth-order valence-corrected chi connectivity index (χ4v) is 7.04. The van der Waals surface area contributed by atoms with Crippen molar-refractivity contribution in [1.29, 1.82) is 0 Å². The van der Waals surface area contributed by atoms with Crippen LogP contribution in [-0.4, -0.2) is 87.7 Å². The third-order valence-electron chi connectivity index (χ3n) is 9.12. The zero-order valence-electron chi connectivity index (χ0n) is 24.3. The second kappa shape index (κ2) is 11.4. The number of rotatable bonds is 8. The third-order valence-corrected chi connectivity index (χ3v) is 9.12. The first-order chi connectivity index (χ1) is 20.0. The molecule has 4 aliphatic rings. The van der Waals surface area contributed by atoms with E-state index < -0.39 is 0 Å². The smallest absolute Gasteiger partial charge is 0.256 e. The van der Waals surface area contributed by atoms with Gasteiger partial charge in [-0.1, -0.05) is 0 Å². The van der Waals surface area contributed by atoms with Gasteiger partial charge in [-0.2, -0.15) is 0 Å². The SMILES string of the molecule is COc1cc2c(cc1CCCc1cc3c(cc1OC)C(=O)N1CCC[C@H]1[C@H](OC)N3)N[C@H](OC)[C@@H]1CCCN1C2=O. The Morgan fingerprint density at radius 2 is 1.15 bits per heavy atom. The quantitative estimate of drug-likeness (QED) is 0.498. The molecular formula is C31H40N4O6. The highest BCUT2D eigenvalue weighted by atomic mass is 16.5. The Labute approximate surface area is 241 Å². The van der Waals surface area contributed by atoms with Gasteiger partial charge in [0.1, 0.15) is 24.0 Å². The lowest BCUT2D eigenvalue weighted by atomic mass is 9.98. The maximum atomic E-state index is 13.4. The van der Waals surface area contributed by atoms with Crippen LogP contribution in [0.15, 0.2) is 24.3 Å². The lowest BCUT2D eigenvalue weighted by molar-refractivity contribution is 0.0418. The van der Waals surface area contributed by atoms with E-state index in [4.69, 9.17) is 18.9 Å². The number of nitrogens with zero attached hydrogens (tertiary/aromatic N) is 2. The number of benzene rings is 2. The molecule has 2 amide bonds. The number of nitrogens with one attached hydrogen (secondary N) is 2. The molecule has 2 fully saturated rings. The van der Waals surface area contributed by atoms with E-state index in [9.17, 15) is 9.59 Å². The van der Waals surface area contributed by atoms with Gasteiger partial charge in [-0.3, -0.25) is 9.59 Å². The summed E-state index contributed by atoms with van der Waals surface area (Å²) < 4.78 is 23.0. The molecule has 10 heteroatoms. The monoisotopic (exact) mass is 564 g/mol. The van der Waals surface area contributed by atoms with Crippen LogP contribution in [-0.2, 0) is 22.3 Å². The average Bonchev–Trinajstić information content (AvgIpc) is 3.64. The number of aryl methyl sites for hydroxylation is 2. The van der Waals surface area contributed by atoms with Crippen molar-refractivity contribution in [3.05, 3.63) is 46.5 Å². The van der Waals surface area contributed by atoms with Crippen LogP contribution in [0.3, 0.4) is 0 Å². The van der Waals surface area contributed by atoms with Gasteiger partial charge in [-0.05, 0) is 80.3 Å². The van der Waals surface area contributed by atoms with Crippen LogP contribution in [0.2, 0.25) is 0 Å².